The molecule has 6 nitrogen and oxygen atoms in total. The van der Waals surface area contributed by atoms with Gasteiger partial charge in [0, 0.05) is 44.4 Å². The minimum atomic E-state index is -0.130. The van der Waals surface area contributed by atoms with Crippen LogP contribution in [0.2, 0.25) is 0 Å². The monoisotopic (exact) mass is 391 g/mol. The van der Waals surface area contributed by atoms with Crippen LogP contribution in [0.4, 0.5) is 0 Å². The van der Waals surface area contributed by atoms with Crippen LogP contribution < -0.4 is 5.32 Å². The maximum atomic E-state index is 12.9. The van der Waals surface area contributed by atoms with Crippen molar-refractivity contribution < 1.29 is 14.3 Å². The van der Waals surface area contributed by atoms with Gasteiger partial charge in [-0.3, -0.25) is 9.59 Å². The van der Waals surface area contributed by atoms with Gasteiger partial charge < -0.3 is 19.9 Å². The molecule has 0 aliphatic rings. The van der Waals surface area contributed by atoms with Crippen molar-refractivity contribution in [3.8, 4) is 0 Å². The summed E-state index contributed by atoms with van der Waals surface area (Å²) >= 11 is 0. The first kappa shape index (κ1) is 24.1. The predicted octanol–water partition coefficient (Wildman–Crippen LogP) is 2.96. The lowest BCUT2D eigenvalue weighted by Crippen LogP contribution is -2.33. The lowest BCUT2D eigenvalue weighted by atomic mass is 10.0. The summed E-state index contributed by atoms with van der Waals surface area (Å²) in [5, 5.41) is 2.96. The molecule has 6 heteroatoms. The van der Waals surface area contributed by atoms with Crippen LogP contribution >= 0.6 is 0 Å². The number of hydrogen-bond donors (Lipinski definition) is 1. The van der Waals surface area contributed by atoms with E-state index in [4.69, 9.17) is 4.74 Å². The van der Waals surface area contributed by atoms with Crippen molar-refractivity contribution in [2.24, 2.45) is 0 Å². The van der Waals surface area contributed by atoms with Gasteiger partial charge in [0.05, 0.1) is 6.61 Å². The van der Waals surface area contributed by atoms with E-state index in [9.17, 15) is 9.59 Å². The molecule has 0 saturated carbocycles. The van der Waals surface area contributed by atoms with E-state index in [1.54, 1.807) is 13.2 Å². The normalized spacial score (nSPS) is 10.9. The molecule has 1 aromatic rings. The summed E-state index contributed by atoms with van der Waals surface area (Å²) in [6.45, 7) is 10.6. The van der Waals surface area contributed by atoms with E-state index >= 15 is 0 Å². The highest BCUT2D eigenvalue weighted by molar-refractivity contribution is 6.00. The average Bonchev–Trinajstić information content (AvgIpc) is 2.68. The molecule has 1 aromatic carbocycles. The Balaban J connectivity index is 2.68. The second-order valence-corrected chi connectivity index (χ2v) is 7.29. The molecule has 1 N–H and O–H groups in total. The van der Waals surface area contributed by atoms with Crippen LogP contribution in [0.15, 0.2) is 18.2 Å². The van der Waals surface area contributed by atoms with Gasteiger partial charge >= 0.3 is 0 Å². The molecule has 0 aliphatic carbocycles. The minimum Gasteiger partial charge on any atom is -0.383 e. The zero-order valence-corrected chi connectivity index (χ0v) is 18.2. The lowest BCUT2D eigenvalue weighted by Gasteiger charge is -2.22. The van der Waals surface area contributed by atoms with Gasteiger partial charge in [0.2, 0.25) is 0 Å². The highest BCUT2D eigenvalue weighted by Crippen LogP contribution is 2.13. The standard InChI is InChI=1S/C22H37N3O3/c1-6-10-25(11-7-2)22(27)20-16-18(3)15-19(17-20)21(26)23-9-8-12-24(4)13-14-28-5/h15-17H,6-14H2,1-5H3,(H,23,26). The van der Waals surface area contributed by atoms with E-state index < -0.39 is 0 Å². The number of benzene rings is 1. The third-order valence-corrected chi connectivity index (χ3v) is 4.54. The molecule has 158 valence electrons. The largest absolute Gasteiger partial charge is 0.383 e. The Labute approximate surface area is 170 Å². The SMILES string of the molecule is CCCN(CCC)C(=O)c1cc(C)cc(C(=O)NCCCN(C)CCOC)c1. The summed E-state index contributed by atoms with van der Waals surface area (Å²) in [6, 6.07) is 5.41. The molecule has 0 atom stereocenters. The Bertz CT molecular complexity index is 613. The molecule has 1 rings (SSSR count). The highest BCUT2D eigenvalue weighted by Gasteiger charge is 2.17. The second kappa shape index (κ2) is 13.3. The van der Waals surface area contributed by atoms with Crippen molar-refractivity contribution in [2.45, 2.75) is 40.0 Å². The molecule has 0 unspecified atom stereocenters. The molecule has 0 spiro atoms. The molecule has 0 saturated heterocycles. The molecular weight excluding hydrogens is 354 g/mol. The van der Waals surface area contributed by atoms with Crippen LogP contribution in [0.25, 0.3) is 0 Å². The highest BCUT2D eigenvalue weighted by atomic mass is 16.5. The van der Waals surface area contributed by atoms with E-state index in [0.29, 0.717) is 24.3 Å². The van der Waals surface area contributed by atoms with E-state index in [-0.39, 0.29) is 11.8 Å². The summed E-state index contributed by atoms with van der Waals surface area (Å²) < 4.78 is 5.06. The van der Waals surface area contributed by atoms with Crippen molar-refractivity contribution in [2.75, 3.05) is 53.5 Å². The fraction of sp³-hybridized carbons (Fsp3) is 0.636. The maximum absolute atomic E-state index is 12.9. The van der Waals surface area contributed by atoms with Gasteiger partial charge in [0.25, 0.3) is 11.8 Å². The number of carbonyl (C=O) groups excluding carboxylic acids is 2. The zero-order valence-electron chi connectivity index (χ0n) is 18.2. The van der Waals surface area contributed by atoms with Gasteiger partial charge in [-0.25, -0.2) is 0 Å². The van der Waals surface area contributed by atoms with Gasteiger partial charge in [-0.2, -0.15) is 0 Å². The zero-order chi connectivity index (χ0) is 20.9. The van der Waals surface area contributed by atoms with Gasteiger partial charge in [0.1, 0.15) is 0 Å². The lowest BCUT2D eigenvalue weighted by molar-refractivity contribution is 0.0755. The number of rotatable bonds is 13. The summed E-state index contributed by atoms with van der Waals surface area (Å²) in [5.41, 5.74) is 2.05. The first-order chi connectivity index (χ1) is 13.4. The Morgan fingerprint density at radius 1 is 1.00 bits per heavy atom. The molecule has 2 amide bonds. The third kappa shape index (κ3) is 8.40. The quantitative estimate of drug-likeness (QED) is 0.525. The number of amides is 2. The number of nitrogens with zero attached hydrogens (tertiary/aromatic N) is 2. The fourth-order valence-electron chi connectivity index (χ4n) is 3.09. The van der Waals surface area contributed by atoms with Gasteiger partial charge in [-0.15, -0.1) is 0 Å². The molecule has 0 bridgehead atoms. The minimum absolute atomic E-state index is 0.00113. The average molecular weight is 392 g/mol. The molecule has 0 heterocycles. The third-order valence-electron chi connectivity index (χ3n) is 4.54. The number of aryl methyl sites for hydroxylation is 1. The topological polar surface area (TPSA) is 61.9 Å². The Hall–Kier alpha value is -1.92. The second-order valence-electron chi connectivity index (χ2n) is 7.29. The van der Waals surface area contributed by atoms with E-state index in [1.807, 2.05) is 31.0 Å². The van der Waals surface area contributed by atoms with Crippen molar-refractivity contribution >= 4 is 11.8 Å². The van der Waals surface area contributed by atoms with E-state index in [1.165, 1.54) is 0 Å². The maximum Gasteiger partial charge on any atom is 0.253 e. The first-order valence-corrected chi connectivity index (χ1v) is 10.3. The molecule has 0 aliphatic heterocycles. The van der Waals surface area contributed by atoms with Crippen LogP contribution in [-0.4, -0.2) is 75.1 Å². The first-order valence-electron chi connectivity index (χ1n) is 10.3. The van der Waals surface area contributed by atoms with Crippen molar-refractivity contribution in [1.82, 2.24) is 15.1 Å². The molecule has 0 aromatic heterocycles. The van der Waals surface area contributed by atoms with Crippen LogP contribution in [0.5, 0.6) is 0 Å². The number of methoxy groups -OCH3 is 1. The molecule has 28 heavy (non-hydrogen) atoms. The Kier molecular flexibility index (Phi) is 11.4. The van der Waals surface area contributed by atoms with Crippen LogP contribution in [0.1, 0.15) is 59.4 Å². The van der Waals surface area contributed by atoms with Gasteiger partial charge in [-0.1, -0.05) is 13.8 Å². The number of hydrogen-bond acceptors (Lipinski definition) is 4. The predicted molar refractivity (Wildman–Crippen MR) is 114 cm³/mol. The number of likely N-dealkylation sites (N-methyl/N-ethyl adjacent to an activating group) is 1. The summed E-state index contributed by atoms with van der Waals surface area (Å²) in [4.78, 5) is 29.4. The molecule has 0 radical (unpaired) electrons. The van der Waals surface area contributed by atoms with Crippen LogP contribution in [-0.2, 0) is 4.74 Å². The summed E-state index contributed by atoms with van der Waals surface area (Å²) in [5.74, 6) is -0.129. The summed E-state index contributed by atoms with van der Waals surface area (Å²) in [6.07, 6.45) is 2.71. The van der Waals surface area contributed by atoms with E-state index in [0.717, 1.165) is 51.0 Å². The summed E-state index contributed by atoms with van der Waals surface area (Å²) in [7, 11) is 3.73. The Morgan fingerprint density at radius 3 is 2.25 bits per heavy atom. The van der Waals surface area contributed by atoms with Crippen molar-refractivity contribution in [1.29, 1.82) is 0 Å². The Morgan fingerprint density at radius 2 is 1.64 bits per heavy atom. The number of ether oxygens (including phenoxy) is 1. The van der Waals surface area contributed by atoms with Crippen LogP contribution in [0.3, 0.4) is 0 Å². The van der Waals surface area contributed by atoms with Crippen molar-refractivity contribution in [3.05, 3.63) is 34.9 Å². The molecular formula is C22H37N3O3. The number of carbonyl (C=O) groups is 2. The van der Waals surface area contributed by atoms with E-state index in [2.05, 4.69) is 24.1 Å². The van der Waals surface area contributed by atoms with Gasteiger partial charge in [0.15, 0.2) is 0 Å². The fourth-order valence-corrected chi connectivity index (χ4v) is 3.09. The number of nitrogens with one attached hydrogen (secondary N) is 1. The van der Waals surface area contributed by atoms with Crippen LogP contribution in [0, 0.1) is 6.92 Å². The van der Waals surface area contributed by atoms with Crippen molar-refractivity contribution in [3.63, 3.8) is 0 Å². The smallest absolute Gasteiger partial charge is 0.253 e. The molecule has 0 fully saturated rings. The van der Waals surface area contributed by atoms with Gasteiger partial charge in [-0.05, 0) is 63.5 Å².